The van der Waals surface area contributed by atoms with Crippen LogP contribution >= 0.6 is 0 Å². The van der Waals surface area contributed by atoms with Crippen LogP contribution in [0.3, 0.4) is 0 Å². The maximum Gasteiger partial charge on any atom is 0.417 e. The average Bonchev–Trinajstić information content (AvgIpc) is 2.35. The minimum absolute atomic E-state index is 0.00609. The van der Waals surface area contributed by atoms with Crippen LogP contribution in [0.25, 0.3) is 0 Å². The fraction of sp³-hybridized carbons (Fsp3) is 0.500. The third kappa shape index (κ3) is 3.05. The van der Waals surface area contributed by atoms with Gasteiger partial charge in [0.05, 0.1) is 29.4 Å². The van der Waals surface area contributed by atoms with E-state index < -0.39 is 11.7 Å². The molecule has 0 bridgehead atoms. The molecule has 20 heavy (non-hydrogen) atoms. The standard InChI is InChI=1S/C14H15F3N2O/c1-9-7-19(8-10(2)20-9)12-3-4-13(14(15,16)17)11(5-12)6-18/h3-5,9-10H,7-8H2,1-2H3/t9-,10+. The van der Waals surface area contributed by atoms with Gasteiger partial charge in [0.1, 0.15) is 0 Å². The minimum Gasteiger partial charge on any atom is -0.372 e. The molecule has 0 spiro atoms. The number of nitriles is 1. The summed E-state index contributed by atoms with van der Waals surface area (Å²) in [4.78, 5) is 1.94. The fourth-order valence-corrected chi connectivity index (χ4v) is 2.46. The average molecular weight is 284 g/mol. The van der Waals surface area contributed by atoms with Gasteiger partial charge in [0, 0.05) is 18.8 Å². The molecule has 1 aliphatic heterocycles. The Kier molecular flexibility index (Phi) is 3.91. The molecule has 0 radical (unpaired) electrons. The molecule has 0 N–H and O–H groups in total. The summed E-state index contributed by atoms with van der Waals surface area (Å²) in [5.41, 5.74) is -0.614. The second-order valence-corrected chi connectivity index (χ2v) is 5.00. The smallest absolute Gasteiger partial charge is 0.372 e. The number of rotatable bonds is 1. The maximum atomic E-state index is 12.7. The fourth-order valence-electron chi connectivity index (χ4n) is 2.46. The molecule has 1 aliphatic rings. The molecule has 1 aromatic rings. The number of halogens is 3. The number of morpholine rings is 1. The summed E-state index contributed by atoms with van der Waals surface area (Å²) in [5.74, 6) is 0. The first-order valence-electron chi connectivity index (χ1n) is 6.33. The lowest BCUT2D eigenvalue weighted by Crippen LogP contribution is -2.45. The molecular weight excluding hydrogens is 269 g/mol. The van der Waals surface area contributed by atoms with Crippen molar-refractivity contribution >= 4 is 5.69 Å². The first-order valence-corrected chi connectivity index (χ1v) is 6.33. The molecule has 2 rings (SSSR count). The molecule has 0 unspecified atom stereocenters. The highest BCUT2D eigenvalue weighted by Crippen LogP contribution is 2.34. The van der Waals surface area contributed by atoms with E-state index in [4.69, 9.17) is 10.00 Å². The zero-order valence-corrected chi connectivity index (χ0v) is 11.2. The van der Waals surface area contributed by atoms with Crippen LogP contribution in [0.15, 0.2) is 18.2 Å². The Hall–Kier alpha value is -1.74. The molecular formula is C14H15F3N2O. The van der Waals surface area contributed by atoms with Gasteiger partial charge in [-0.2, -0.15) is 18.4 Å². The zero-order chi connectivity index (χ0) is 14.9. The van der Waals surface area contributed by atoms with Crippen LogP contribution in [0.1, 0.15) is 25.0 Å². The maximum absolute atomic E-state index is 12.7. The van der Waals surface area contributed by atoms with Crippen molar-refractivity contribution in [3.05, 3.63) is 29.3 Å². The van der Waals surface area contributed by atoms with Gasteiger partial charge in [-0.1, -0.05) is 0 Å². The zero-order valence-electron chi connectivity index (χ0n) is 11.2. The van der Waals surface area contributed by atoms with E-state index >= 15 is 0 Å². The van der Waals surface area contributed by atoms with Crippen molar-refractivity contribution in [2.75, 3.05) is 18.0 Å². The molecule has 0 aromatic heterocycles. The summed E-state index contributed by atoms with van der Waals surface area (Å²) < 4.78 is 43.8. The molecule has 1 aromatic carbocycles. The van der Waals surface area contributed by atoms with Crippen LogP contribution in [0.4, 0.5) is 18.9 Å². The van der Waals surface area contributed by atoms with Crippen LogP contribution in [-0.4, -0.2) is 25.3 Å². The van der Waals surface area contributed by atoms with Crippen molar-refractivity contribution in [1.29, 1.82) is 5.26 Å². The lowest BCUT2D eigenvalue weighted by molar-refractivity contribution is -0.137. The number of ether oxygens (including phenoxy) is 1. The predicted molar refractivity (Wildman–Crippen MR) is 68.4 cm³/mol. The van der Waals surface area contributed by atoms with Crippen LogP contribution < -0.4 is 4.90 Å². The summed E-state index contributed by atoms with van der Waals surface area (Å²) in [5, 5.41) is 8.92. The molecule has 1 heterocycles. The number of anilines is 1. The SMILES string of the molecule is C[C@@H]1CN(c2ccc(C(F)(F)F)c(C#N)c2)C[C@H](C)O1. The highest BCUT2D eigenvalue weighted by Gasteiger charge is 2.34. The first kappa shape index (κ1) is 14.7. The number of benzene rings is 1. The van der Waals surface area contributed by atoms with Gasteiger partial charge < -0.3 is 9.64 Å². The highest BCUT2D eigenvalue weighted by molar-refractivity contribution is 5.55. The second kappa shape index (κ2) is 5.33. The molecule has 2 atom stereocenters. The lowest BCUT2D eigenvalue weighted by Gasteiger charge is -2.37. The molecule has 1 saturated heterocycles. The topological polar surface area (TPSA) is 36.3 Å². The van der Waals surface area contributed by atoms with Gasteiger partial charge in [0.2, 0.25) is 0 Å². The first-order chi connectivity index (χ1) is 9.31. The molecule has 1 fully saturated rings. The molecule has 0 amide bonds. The molecule has 0 aliphatic carbocycles. The Morgan fingerprint density at radius 3 is 2.35 bits per heavy atom. The lowest BCUT2D eigenvalue weighted by atomic mass is 10.1. The Balaban J connectivity index is 2.33. The van der Waals surface area contributed by atoms with Gasteiger partial charge in [-0.25, -0.2) is 0 Å². The molecule has 0 saturated carbocycles. The van der Waals surface area contributed by atoms with Crippen LogP contribution in [-0.2, 0) is 10.9 Å². The van der Waals surface area contributed by atoms with Crippen molar-refractivity contribution in [2.45, 2.75) is 32.2 Å². The number of hydrogen-bond acceptors (Lipinski definition) is 3. The van der Waals surface area contributed by atoms with Gasteiger partial charge in [0.15, 0.2) is 0 Å². The van der Waals surface area contributed by atoms with Gasteiger partial charge in [-0.3, -0.25) is 0 Å². The normalized spacial score (nSPS) is 23.5. The van der Waals surface area contributed by atoms with Crippen LogP contribution in [0, 0.1) is 11.3 Å². The third-order valence-electron chi connectivity index (χ3n) is 3.21. The highest BCUT2D eigenvalue weighted by atomic mass is 19.4. The quantitative estimate of drug-likeness (QED) is 0.794. The van der Waals surface area contributed by atoms with Crippen LogP contribution in [0.2, 0.25) is 0 Å². The third-order valence-corrected chi connectivity index (χ3v) is 3.21. The van der Waals surface area contributed by atoms with Crippen molar-refractivity contribution in [3.8, 4) is 6.07 Å². The molecule has 108 valence electrons. The largest absolute Gasteiger partial charge is 0.417 e. The summed E-state index contributed by atoms with van der Waals surface area (Å²) in [7, 11) is 0. The summed E-state index contributed by atoms with van der Waals surface area (Å²) >= 11 is 0. The Morgan fingerprint density at radius 2 is 1.85 bits per heavy atom. The number of alkyl halides is 3. The van der Waals surface area contributed by atoms with Gasteiger partial charge in [0.25, 0.3) is 0 Å². The van der Waals surface area contributed by atoms with Crippen molar-refractivity contribution in [3.63, 3.8) is 0 Å². The number of nitrogens with zero attached hydrogens (tertiary/aromatic N) is 2. The summed E-state index contributed by atoms with van der Waals surface area (Å²) in [6.07, 6.45) is -4.49. The van der Waals surface area contributed by atoms with Crippen LogP contribution in [0.5, 0.6) is 0 Å². The predicted octanol–water partition coefficient (Wildman–Crippen LogP) is 3.19. The second-order valence-electron chi connectivity index (χ2n) is 5.00. The van der Waals surface area contributed by atoms with Crippen molar-refractivity contribution in [2.24, 2.45) is 0 Å². The molecule has 3 nitrogen and oxygen atoms in total. The Morgan fingerprint density at radius 1 is 1.25 bits per heavy atom. The van der Waals surface area contributed by atoms with Gasteiger partial charge >= 0.3 is 6.18 Å². The van der Waals surface area contributed by atoms with Crippen molar-refractivity contribution in [1.82, 2.24) is 0 Å². The summed E-state index contributed by atoms with van der Waals surface area (Å²) in [6.45, 7) is 5.02. The van der Waals surface area contributed by atoms with E-state index in [2.05, 4.69) is 0 Å². The van der Waals surface area contributed by atoms with E-state index in [-0.39, 0.29) is 17.8 Å². The number of hydrogen-bond donors (Lipinski definition) is 0. The minimum atomic E-state index is -4.50. The Bertz CT molecular complexity index is 526. The van der Waals surface area contributed by atoms with E-state index in [1.165, 1.54) is 12.1 Å². The van der Waals surface area contributed by atoms with E-state index in [9.17, 15) is 13.2 Å². The van der Waals surface area contributed by atoms with E-state index in [0.717, 1.165) is 6.07 Å². The monoisotopic (exact) mass is 284 g/mol. The van der Waals surface area contributed by atoms with Crippen molar-refractivity contribution < 1.29 is 17.9 Å². The summed E-state index contributed by atoms with van der Waals surface area (Å²) in [6, 6.07) is 5.31. The van der Waals surface area contributed by atoms with E-state index in [0.29, 0.717) is 18.8 Å². The van der Waals surface area contributed by atoms with E-state index in [1.807, 2.05) is 18.7 Å². The molecule has 6 heteroatoms. The Labute approximate surface area is 115 Å². The van der Waals surface area contributed by atoms with Gasteiger partial charge in [-0.15, -0.1) is 0 Å². The van der Waals surface area contributed by atoms with Gasteiger partial charge in [-0.05, 0) is 32.0 Å². The van der Waals surface area contributed by atoms with E-state index in [1.54, 1.807) is 6.07 Å².